The van der Waals surface area contributed by atoms with Gasteiger partial charge in [-0.25, -0.2) is 13.2 Å². The lowest BCUT2D eigenvalue weighted by Gasteiger charge is -2.10. The maximum absolute atomic E-state index is 13.6. The Morgan fingerprint density at radius 2 is 1.65 bits per heavy atom. The molecule has 0 spiro atoms. The number of aliphatic hydroxyl groups is 1. The van der Waals surface area contributed by atoms with Gasteiger partial charge in [0.1, 0.15) is 12.4 Å². The van der Waals surface area contributed by atoms with Crippen LogP contribution >= 0.6 is 15.9 Å². The molecule has 0 atom stereocenters. The molecule has 6 heteroatoms. The summed E-state index contributed by atoms with van der Waals surface area (Å²) in [5, 5.41) is 8.82. The Hall–Kier alpha value is -1.53. The van der Waals surface area contributed by atoms with Gasteiger partial charge >= 0.3 is 0 Å². The number of ether oxygens (including phenoxy) is 1. The zero-order valence-corrected chi connectivity index (χ0v) is 11.8. The summed E-state index contributed by atoms with van der Waals surface area (Å²) >= 11 is 3.17. The van der Waals surface area contributed by atoms with Crippen molar-refractivity contribution in [1.29, 1.82) is 0 Å². The molecule has 0 aliphatic rings. The van der Waals surface area contributed by atoms with Gasteiger partial charge in [-0.2, -0.15) is 0 Å². The fourth-order valence-corrected chi connectivity index (χ4v) is 2.05. The summed E-state index contributed by atoms with van der Waals surface area (Å²) in [4.78, 5) is 0. The normalized spacial score (nSPS) is 10.7. The highest BCUT2D eigenvalue weighted by molar-refractivity contribution is 9.10. The van der Waals surface area contributed by atoms with Gasteiger partial charge in [0.15, 0.2) is 17.4 Å². The van der Waals surface area contributed by atoms with Crippen LogP contribution in [0.15, 0.2) is 34.8 Å². The zero-order valence-electron chi connectivity index (χ0n) is 10.2. The standard InChI is InChI=1S/C14H10BrF3O2/c15-10-1-2-11(16)9(5-10)7-20-14-12(17)3-8(6-19)4-13(14)18/h1-5,19H,6-7H2. The van der Waals surface area contributed by atoms with Crippen LogP contribution in [0.4, 0.5) is 13.2 Å². The summed E-state index contributed by atoms with van der Waals surface area (Å²) in [5.74, 6) is -3.00. The van der Waals surface area contributed by atoms with Crippen molar-refractivity contribution in [1.82, 2.24) is 0 Å². The Labute approximate surface area is 121 Å². The van der Waals surface area contributed by atoms with Crippen LogP contribution < -0.4 is 4.74 Å². The lowest BCUT2D eigenvalue weighted by Crippen LogP contribution is -2.03. The number of benzene rings is 2. The molecule has 2 aromatic carbocycles. The molecule has 1 N–H and O–H groups in total. The van der Waals surface area contributed by atoms with Crippen LogP contribution in [-0.4, -0.2) is 5.11 Å². The predicted octanol–water partition coefficient (Wildman–Crippen LogP) is 3.94. The Bertz CT molecular complexity index is 609. The van der Waals surface area contributed by atoms with Gasteiger partial charge in [0.25, 0.3) is 0 Å². The average molecular weight is 347 g/mol. The van der Waals surface area contributed by atoms with E-state index in [1.54, 1.807) is 0 Å². The molecule has 2 rings (SSSR count). The van der Waals surface area contributed by atoms with E-state index in [0.29, 0.717) is 4.47 Å². The highest BCUT2D eigenvalue weighted by Gasteiger charge is 2.13. The number of aliphatic hydroxyl groups excluding tert-OH is 1. The van der Waals surface area contributed by atoms with Crippen LogP contribution in [0.3, 0.4) is 0 Å². The van der Waals surface area contributed by atoms with Crippen LogP contribution in [0.1, 0.15) is 11.1 Å². The van der Waals surface area contributed by atoms with E-state index in [1.165, 1.54) is 18.2 Å². The highest BCUT2D eigenvalue weighted by atomic mass is 79.9. The number of hydrogen-bond acceptors (Lipinski definition) is 2. The van der Waals surface area contributed by atoms with E-state index in [-0.39, 0.29) is 17.7 Å². The molecular weight excluding hydrogens is 337 g/mol. The molecule has 0 saturated heterocycles. The summed E-state index contributed by atoms with van der Waals surface area (Å²) in [5.41, 5.74) is 0.269. The quantitative estimate of drug-likeness (QED) is 0.908. The first-order valence-corrected chi connectivity index (χ1v) is 6.46. The molecule has 20 heavy (non-hydrogen) atoms. The van der Waals surface area contributed by atoms with Crippen molar-refractivity contribution in [2.45, 2.75) is 13.2 Å². The van der Waals surface area contributed by atoms with Gasteiger partial charge in [0, 0.05) is 10.0 Å². The maximum atomic E-state index is 13.6. The van der Waals surface area contributed by atoms with Crippen LogP contribution in [0.2, 0.25) is 0 Å². The third-order valence-electron chi connectivity index (χ3n) is 2.62. The van der Waals surface area contributed by atoms with E-state index in [4.69, 9.17) is 9.84 Å². The third kappa shape index (κ3) is 3.32. The minimum Gasteiger partial charge on any atom is -0.483 e. The molecule has 0 aromatic heterocycles. The van der Waals surface area contributed by atoms with E-state index < -0.39 is 29.8 Å². The van der Waals surface area contributed by atoms with Crippen LogP contribution in [0, 0.1) is 17.5 Å². The second-order valence-corrected chi connectivity index (χ2v) is 4.99. The molecule has 0 fully saturated rings. The van der Waals surface area contributed by atoms with Crippen molar-refractivity contribution in [3.8, 4) is 5.75 Å². The fourth-order valence-electron chi connectivity index (χ4n) is 1.65. The van der Waals surface area contributed by atoms with Gasteiger partial charge in [-0.1, -0.05) is 15.9 Å². The maximum Gasteiger partial charge on any atom is 0.191 e. The van der Waals surface area contributed by atoms with Crippen molar-refractivity contribution in [3.63, 3.8) is 0 Å². The second-order valence-electron chi connectivity index (χ2n) is 4.07. The van der Waals surface area contributed by atoms with E-state index >= 15 is 0 Å². The second kappa shape index (κ2) is 6.28. The largest absolute Gasteiger partial charge is 0.483 e. The van der Waals surface area contributed by atoms with Crippen molar-refractivity contribution in [3.05, 3.63) is 63.4 Å². The van der Waals surface area contributed by atoms with Gasteiger partial charge in [-0.05, 0) is 35.9 Å². The third-order valence-corrected chi connectivity index (χ3v) is 3.11. The van der Waals surface area contributed by atoms with Crippen LogP contribution in [0.25, 0.3) is 0 Å². The summed E-state index contributed by atoms with van der Waals surface area (Å²) in [6, 6.07) is 6.14. The highest BCUT2D eigenvalue weighted by Crippen LogP contribution is 2.25. The average Bonchev–Trinajstić information content (AvgIpc) is 2.41. The molecule has 0 aliphatic heterocycles. The van der Waals surface area contributed by atoms with Crippen molar-refractivity contribution >= 4 is 15.9 Å². The molecule has 2 aromatic rings. The molecule has 2 nitrogen and oxygen atoms in total. The summed E-state index contributed by atoms with van der Waals surface area (Å²) in [7, 11) is 0. The Morgan fingerprint density at radius 3 is 2.25 bits per heavy atom. The fraction of sp³-hybridized carbons (Fsp3) is 0.143. The smallest absolute Gasteiger partial charge is 0.191 e. The summed E-state index contributed by atoms with van der Waals surface area (Å²) in [6.07, 6.45) is 0. The summed E-state index contributed by atoms with van der Waals surface area (Å²) < 4.78 is 46.3. The number of halogens is 4. The summed E-state index contributed by atoms with van der Waals surface area (Å²) in [6.45, 7) is -0.786. The molecular formula is C14H10BrF3O2. The Kier molecular flexibility index (Phi) is 4.67. The lowest BCUT2D eigenvalue weighted by atomic mass is 10.2. The van der Waals surface area contributed by atoms with E-state index in [9.17, 15) is 13.2 Å². The predicted molar refractivity (Wildman–Crippen MR) is 70.7 cm³/mol. The first-order chi connectivity index (χ1) is 9.51. The molecule has 0 bridgehead atoms. The monoisotopic (exact) mass is 346 g/mol. The zero-order chi connectivity index (χ0) is 14.7. The van der Waals surface area contributed by atoms with Gasteiger partial charge in [0.2, 0.25) is 0 Å². The van der Waals surface area contributed by atoms with E-state index in [2.05, 4.69) is 15.9 Å². The molecule has 0 aliphatic carbocycles. The SMILES string of the molecule is OCc1cc(F)c(OCc2cc(Br)ccc2F)c(F)c1. The first kappa shape index (κ1) is 14.9. The molecule has 0 amide bonds. The van der Waals surface area contributed by atoms with Crippen molar-refractivity contribution < 1.29 is 23.0 Å². The van der Waals surface area contributed by atoms with Crippen molar-refractivity contribution in [2.24, 2.45) is 0 Å². The Balaban J connectivity index is 2.21. The molecule has 0 heterocycles. The van der Waals surface area contributed by atoms with Gasteiger partial charge in [-0.15, -0.1) is 0 Å². The molecule has 106 valence electrons. The van der Waals surface area contributed by atoms with Gasteiger partial charge in [-0.3, -0.25) is 0 Å². The van der Waals surface area contributed by atoms with E-state index in [0.717, 1.165) is 12.1 Å². The topological polar surface area (TPSA) is 29.5 Å². The number of rotatable bonds is 4. The molecule has 0 saturated carbocycles. The van der Waals surface area contributed by atoms with Gasteiger partial charge in [0.05, 0.1) is 6.61 Å². The Morgan fingerprint density at radius 1 is 1.00 bits per heavy atom. The first-order valence-electron chi connectivity index (χ1n) is 5.66. The van der Waals surface area contributed by atoms with E-state index in [1.807, 2.05) is 0 Å². The van der Waals surface area contributed by atoms with Crippen molar-refractivity contribution in [2.75, 3.05) is 0 Å². The van der Waals surface area contributed by atoms with Gasteiger partial charge < -0.3 is 9.84 Å². The molecule has 0 unspecified atom stereocenters. The van der Waals surface area contributed by atoms with Crippen LogP contribution in [-0.2, 0) is 13.2 Å². The number of hydrogen-bond donors (Lipinski definition) is 1. The van der Waals surface area contributed by atoms with Crippen LogP contribution in [0.5, 0.6) is 5.75 Å². The lowest BCUT2D eigenvalue weighted by molar-refractivity contribution is 0.263. The minimum absolute atomic E-state index is 0.0981. The molecule has 0 radical (unpaired) electrons. The minimum atomic E-state index is -0.940.